The zero-order valence-electron chi connectivity index (χ0n) is 14.3. The van der Waals surface area contributed by atoms with E-state index in [4.69, 9.17) is 4.42 Å². The molecule has 0 saturated heterocycles. The van der Waals surface area contributed by atoms with Gasteiger partial charge in [0.05, 0.1) is 11.8 Å². The van der Waals surface area contributed by atoms with Gasteiger partial charge < -0.3 is 9.52 Å². The number of Topliss-reactive ketones (excluding diaryl/α,β-unsaturated/α-hetero) is 1. The van der Waals surface area contributed by atoms with Gasteiger partial charge in [-0.2, -0.15) is 0 Å². The van der Waals surface area contributed by atoms with Gasteiger partial charge in [-0.05, 0) is 24.5 Å². The average Bonchev–Trinajstić information content (AvgIpc) is 3.43. The zero-order chi connectivity index (χ0) is 19.8. The summed E-state index contributed by atoms with van der Waals surface area (Å²) < 4.78 is 20.3. The molecular formula is C18H12FN3O4S2. The van der Waals surface area contributed by atoms with Crippen LogP contribution in [0.4, 0.5) is 9.52 Å². The highest BCUT2D eigenvalue weighted by Gasteiger charge is 2.47. The van der Waals surface area contributed by atoms with Crippen molar-refractivity contribution in [1.29, 1.82) is 0 Å². The highest BCUT2D eigenvalue weighted by molar-refractivity contribution is 8.00. The Morgan fingerprint density at radius 1 is 1.29 bits per heavy atom. The number of hydrogen-bond acceptors (Lipinski definition) is 8. The Morgan fingerprint density at radius 3 is 2.71 bits per heavy atom. The summed E-state index contributed by atoms with van der Waals surface area (Å²) in [4.78, 5) is 26.9. The van der Waals surface area contributed by atoms with Crippen LogP contribution in [0.2, 0.25) is 0 Å². The first kappa shape index (κ1) is 18.4. The number of carbonyl (C=O) groups is 2. The van der Waals surface area contributed by atoms with Crippen molar-refractivity contribution in [3.8, 4) is 0 Å². The number of thioether (sulfide) groups is 1. The van der Waals surface area contributed by atoms with E-state index in [9.17, 15) is 19.1 Å². The predicted molar refractivity (Wildman–Crippen MR) is 101 cm³/mol. The van der Waals surface area contributed by atoms with Crippen LogP contribution in [0.1, 0.15) is 22.2 Å². The Hall–Kier alpha value is -2.98. The molecule has 1 aliphatic rings. The third-order valence-corrected chi connectivity index (χ3v) is 6.07. The largest absolute Gasteiger partial charge is 0.503 e. The molecule has 3 aromatic rings. The fraction of sp³-hybridized carbons (Fsp3) is 0.111. The minimum atomic E-state index is -1.20. The summed E-state index contributed by atoms with van der Waals surface area (Å²) in [5, 5.41) is 18.6. The molecule has 2 aromatic heterocycles. The van der Waals surface area contributed by atoms with E-state index in [2.05, 4.69) is 10.2 Å². The molecule has 10 heteroatoms. The van der Waals surface area contributed by atoms with Gasteiger partial charge >= 0.3 is 0 Å². The van der Waals surface area contributed by atoms with E-state index in [1.54, 1.807) is 12.3 Å². The summed E-state index contributed by atoms with van der Waals surface area (Å²) >= 11 is 2.43. The molecule has 0 unspecified atom stereocenters. The normalized spacial score (nSPS) is 16.9. The standard InChI is InChI=1S/C18H12FN3O4S2/c1-27-18-21-20-17(28-18)22-13(9-5-2-3-6-10(9)19)12(15(24)16(22)25)14(23)11-7-4-8-26-11/h2-8,13,24H,1H3/t13-/m1/s1. The first-order valence-corrected chi connectivity index (χ1v) is 10.0. The number of furan rings is 1. The lowest BCUT2D eigenvalue weighted by molar-refractivity contribution is -0.117. The van der Waals surface area contributed by atoms with Crippen LogP contribution in [-0.4, -0.2) is 33.3 Å². The summed E-state index contributed by atoms with van der Waals surface area (Å²) in [7, 11) is 0. The van der Waals surface area contributed by atoms with Crippen molar-refractivity contribution in [1.82, 2.24) is 10.2 Å². The fourth-order valence-electron chi connectivity index (χ4n) is 2.95. The van der Waals surface area contributed by atoms with Crippen molar-refractivity contribution in [2.24, 2.45) is 0 Å². The summed E-state index contributed by atoms with van der Waals surface area (Å²) in [6.45, 7) is 0. The fourth-order valence-corrected chi connectivity index (χ4v) is 4.23. The Kier molecular flexibility index (Phi) is 4.73. The molecule has 3 heterocycles. The first-order chi connectivity index (χ1) is 13.5. The number of aliphatic hydroxyl groups is 1. The van der Waals surface area contributed by atoms with Gasteiger partial charge in [0.2, 0.25) is 10.9 Å². The number of hydrogen-bond donors (Lipinski definition) is 1. The van der Waals surface area contributed by atoms with E-state index in [-0.39, 0.29) is 22.0 Å². The number of nitrogens with zero attached hydrogens (tertiary/aromatic N) is 3. The van der Waals surface area contributed by atoms with Gasteiger partial charge in [0, 0.05) is 5.56 Å². The smallest absolute Gasteiger partial charge is 0.296 e. The van der Waals surface area contributed by atoms with Gasteiger partial charge in [0.15, 0.2) is 15.9 Å². The van der Waals surface area contributed by atoms with Gasteiger partial charge in [-0.1, -0.05) is 41.3 Å². The molecule has 0 fully saturated rings. The molecule has 142 valence electrons. The molecule has 1 aromatic carbocycles. The van der Waals surface area contributed by atoms with Crippen LogP contribution in [0, 0.1) is 5.82 Å². The van der Waals surface area contributed by atoms with Crippen LogP contribution in [0.15, 0.2) is 62.8 Å². The molecule has 0 spiro atoms. The molecule has 0 radical (unpaired) electrons. The predicted octanol–water partition coefficient (Wildman–Crippen LogP) is 3.78. The van der Waals surface area contributed by atoms with E-state index in [0.29, 0.717) is 4.34 Å². The number of aromatic nitrogens is 2. The lowest BCUT2D eigenvalue weighted by Crippen LogP contribution is -2.31. The van der Waals surface area contributed by atoms with Crippen molar-refractivity contribution >= 4 is 39.9 Å². The van der Waals surface area contributed by atoms with Crippen molar-refractivity contribution in [3.05, 3.63) is 71.1 Å². The Morgan fingerprint density at radius 2 is 2.07 bits per heavy atom. The third-order valence-electron chi connectivity index (χ3n) is 4.17. The minimum absolute atomic E-state index is 0.0516. The number of carbonyl (C=O) groups excluding carboxylic acids is 2. The van der Waals surface area contributed by atoms with Crippen molar-refractivity contribution < 1.29 is 23.5 Å². The Labute approximate surface area is 166 Å². The van der Waals surface area contributed by atoms with Crippen LogP contribution < -0.4 is 4.90 Å². The van der Waals surface area contributed by atoms with Crippen LogP contribution in [0.3, 0.4) is 0 Å². The minimum Gasteiger partial charge on any atom is -0.503 e. The van der Waals surface area contributed by atoms with Crippen LogP contribution >= 0.6 is 23.1 Å². The molecule has 0 aliphatic carbocycles. The molecule has 0 saturated carbocycles. The Bertz CT molecular complexity index is 1090. The van der Waals surface area contributed by atoms with E-state index in [1.165, 1.54) is 48.4 Å². The van der Waals surface area contributed by atoms with Gasteiger partial charge in [0.1, 0.15) is 11.9 Å². The number of aliphatic hydroxyl groups excluding tert-OH is 1. The molecule has 4 rings (SSSR count). The summed E-state index contributed by atoms with van der Waals surface area (Å²) in [6, 6.07) is 7.46. The molecular weight excluding hydrogens is 405 g/mol. The molecule has 7 nitrogen and oxygen atoms in total. The number of ketones is 1. The SMILES string of the molecule is CSc1nnc(N2C(=O)C(O)=C(C(=O)c3ccco3)[C@H]2c2ccccc2F)s1. The highest BCUT2D eigenvalue weighted by Crippen LogP contribution is 2.44. The average molecular weight is 417 g/mol. The monoisotopic (exact) mass is 417 g/mol. The Balaban J connectivity index is 1.89. The summed E-state index contributed by atoms with van der Waals surface area (Å²) in [6.07, 6.45) is 3.10. The third kappa shape index (κ3) is 2.90. The van der Waals surface area contributed by atoms with Crippen LogP contribution in [-0.2, 0) is 4.79 Å². The molecule has 1 N–H and O–H groups in total. The van der Waals surface area contributed by atoms with Gasteiger partial charge in [-0.25, -0.2) is 4.39 Å². The lowest BCUT2D eigenvalue weighted by Gasteiger charge is -2.24. The maximum atomic E-state index is 14.6. The molecule has 0 bridgehead atoms. The summed E-state index contributed by atoms with van der Waals surface area (Å²) in [5.41, 5.74) is -0.221. The molecule has 1 atom stereocenters. The van der Waals surface area contributed by atoms with E-state index < -0.39 is 29.3 Å². The molecule has 1 aliphatic heterocycles. The molecule has 28 heavy (non-hydrogen) atoms. The second-order valence-electron chi connectivity index (χ2n) is 5.72. The lowest BCUT2D eigenvalue weighted by atomic mass is 9.95. The number of anilines is 1. The number of amides is 1. The topological polar surface area (TPSA) is 96.5 Å². The van der Waals surface area contributed by atoms with Crippen molar-refractivity contribution in [2.45, 2.75) is 10.4 Å². The molecule has 1 amide bonds. The van der Waals surface area contributed by atoms with E-state index in [1.807, 2.05) is 0 Å². The number of rotatable bonds is 5. The number of benzene rings is 1. The number of halogens is 1. The van der Waals surface area contributed by atoms with E-state index in [0.717, 1.165) is 16.2 Å². The zero-order valence-corrected chi connectivity index (χ0v) is 16.0. The van der Waals surface area contributed by atoms with Crippen LogP contribution in [0.25, 0.3) is 0 Å². The van der Waals surface area contributed by atoms with Gasteiger partial charge in [-0.3, -0.25) is 14.5 Å². The highest BCUT2D eigenvalue weighted by atomic mass is 32.2. The van der Waals surface area contributed by atoms with Crippen molar-refractivity contribution in [2.75, 3.05) is 11.2 Å². The van der Waals surface area contributed by atoms with Crippen LogP contribution in [0.5, 0.6) is 0 Å². The second kappa shape index (κ2) is 7.21. The van der Waals surface area contributed by atoms with E-state index >= 15 is 0 Å². The van der Waals surface area contributed by atoms with Gasteiger partial charge in [0.25, 0.3) is 5.91 Å². The maximum Gasteiger partial charge on any atom is 0.296 e. The second-order valence-corrected chi connectivity index (χ2v) is 7.73. The van der Waals surface area contributed by atoms with Gasteiger partial charge in [-0.15, -0.1) is 10.2 Å². The quantitative estimate of drug-likeness (QED) is 0.383. The first-order valence-electron chi connectivity index (χ1n) is 7.99. The maximum absolute atomic E-state index is 14.6. The summed E-state index contributed by atoms with van der Waals surface area (Å²) in [5.74, 6) is -3.03. The van der Waals surface area contributed by atoms with Crippen molar-refractivity contribution in [3.63, 3.8) is 0 Å².